The Kier molecular flexibility index (Phi) is 5.08. The van der Waals surface area contributed by atoms with E-state index in [-0.39, 0.29) is 5.56 Å². The summed E-state index contributed by atoms with van der Waals surface area (Å²) in [5.41, 5.74) is 3.63. The maximum absolute atomic E-state index is 12.7. The molecule has 0 aliphatic heterocycles. The summed E-state index contributed by atoms with van der Waals surface area (Å²) in [5, 5.41) is 0.546. The van der Waals surface area contributed by atoms with Crippen LogP contribution in [-0.4, -0.2) is 22.2 Å². The zero-order valence-electron chi connectivity index (χ0n) is 15.2. The van der Waals surface area contributed by atoms with Crippen molar-refractivity contribution in [1.82, 2.24) is 9.66 Å². The molecule has 0 radical (unpaired) electrons. The SMILES string of the molecule is Cc1sc2ncn(NC(=O)c3cccc(OCC(C)C)c3)c(=O)c2c1C. The van der Waals surface area contributed by atoms with Gasteiger partial charge < -0.3 is 4.74 Å². The lowest BCUT2D eigenvalue weighted by molar-refractivity contribution is 0.101. The molecule has 2 aromatic heterocycles. The average Bonchev–Trinajstić information content (AvgIpc) is 2.91. The standard InChI is InChI=1S/C19H21N3O3S/c1-11(2)9-25-15-7-5-6-14(8-15)17(23)21-22-10-20-18-16(19(22)24)12(3)13(4)26-18/h5-8,10-11H,9H2,1-4H3,(H,21,23). The molecule has 0 aliphatic rings. The summed E-state index contributed by atoms with van der Waals surface area (Å²) in [6.07, 6.45) is 1.34. The molecule has 7 heteroatoms. The number of aryl methyl sites for hydroxylation is 2. The van der Waals surface area contributed by atoms with Crippen molar-refractivity contribution in [3.05, 3.63) is 57.0 Å². The number of benzene rings is 1. The van der Waals surface area contributed by atoms with E-state index < -0.39 is 5.91 Å². The summed E-state index contributed by atoms with van der Waals surface area (Å²) >= 11 is 1.47. The van der Waals surface area contributed by atoms with E-state index in [1.54, 1.807) is 24.3 Å². The molecule has 0 bridgehead atoms. The largest absolute Gasteiger partial charge is 0.493 e. The predicted molar refractivity (Wildman–Crippen MR) is 104 cm³/mol. The molecule has 3 aromatic rings. The number of rotatable bonds is 5. The van der Waals surface area contributed by atoms with Crippen LogP contribution in [-0.2, 0) is 0 Å². The Morgan fingerprint density at radius 3 is 2.85 bits per heavy atom. The van der Waals surface area contributed by atoms with Crippen LogP contribution in [0.1, 0.15) is 34.6 Å². The number of amides is 1. The quantitative estimate of drug-likeness (QED) is 0.745. The predicted octanol–water partition coefficient (Wildman–Crippen LogP) is 3.49. The van der Waals surface area contributed by atoms with Gasteiger partial charge in [0.05, 0.1) is 12.0 Å². The number of thiophene rings is 1. The van der Waals surface area contributed by atoms with Crippen LogP contribution in [0.2, 0.25) is 0 Å². The van der Waals surface area contributed by atoms with E-state index in [2.05, 4.69) is 24.3 Å². The van der Waals surface area contributed by atoms with E-state index in [9.17, 15) is 9.59 Å². The molecule has 0 saturated heterocycles. The Morgan fingerprint density at radius 2 is 2.12 bits per heavy atom. The second-order valence-corrected chi connectivity index (χ2v) is 7.76. The van der Waals surface area contributed by atoms with Crippen molar-refractivity contribution in [1.29, 1.82) is 0 Å². The fraction of sp³-hybridized carbons (Fsp3) is 0.316. The topological polar surface area (TPSA) is 73.2 Å². The van der Waals surface area contributed by atoms with Crippen molar-refractivity contribution >= 4 is 27.5 Å². The third kappa shape index (κ3) is 3.62. The number of ether oxygens (including phenoxy) is 1. The Balaban J connectivity index is 1.85. The number of hydrogen-bond acceptors (Lipinski definition) is 5. The third-order valence-corrected chi connectivity index (χ3v) is 5.11. The molecule has 26 heavy (non-hydrogen) atoms. The first kappa shape index (κ1) is 18.1. The van der Waals surface area contributed by atoms with Crippen LogP contribution < -0.4 is 15.7 Å². The van der Waals surface area contributed by atoms with Crippen molar-refractivity contribution in [2.24, 2.45) is 5.92 Å². The molecule has 136 valence electrons. The fourth-order valence-corrected chi connectivity index (χ4v) is 3.47. The van der Waals surface area contributed by atoms with Crippen LogP contribution in [0, 0.1) is 19.8 Å². The number of aromatic nitrogens is 2. The van der Waals surface area contributed by atoms with Gasteiger partial charge >= 0.3 is 0 Å². The van der Waals surface area contributed by atoms with Gasteiger partial charge in [-0.1, -0.05) is 19.9 Å². The molecule has 0 unspecified atom stereocenters. The second-order valence-electron chi connectivity index (χ2n) is 6.56. The van der Waals surface area contributed by atoms with Crippen LogP contribution in [0.25, 0.3) is 10.2 Å². The number of carbonyl (C=O) groups is 1. The number of hydrogen-bond donors (Lipinski definition) is 1. The summed E-state index contributed by atoms with van der Waals surface area (Å²) < 4.78 is 6.78. The molecule has 1 N–H and O–H groups in total. The van der Waals surface area contributed by atoms with Gasteiger partial charge in [0.2, 0.25) is 0 Å². The Morgan fingerprint density at radius 1 is 1.35 bits per heavy atom. The average molecular weight is 371 g/mol. The highest BCUT2D eigenvalue weighted by Gasteiger charge is 2.14. The van der Waals surface area contributed by atoms with Gasteiger partial charge in [0.1, 0.15) is 16.9 Å². The smallest absolute Gasteiger partial charge is 0.281 e. The lowest BCUT2D eigenvalue weighted by atomic mass is 10.2. The van der Waals surface area contributed by atoms with Gasteiger partial charge in [-0.15, -0.1) is 11.3 Å². The van der Waals surface area contributed by atoms with Gasteiger partial charge in [0.25, 0.3) is 11.5 Å². The summed E-state index contributed by atoms with van der Waals surface area (Å²) in [5.74, 6) is 0.616. The van der Waals surface area contributed by atoms with Crippen molar-refractivity contribution in [3.8, 4) is 5.75 Å². The van der Waals surface area contributed by atoms with Crippen molar-refractivity contribution in [3.63, 3.8) is 0 Å². The van der Waals surface area contributed by atoms with Crippen molar-refractivity contribution in [2.75, 3.05) is 12.0 Å². The monoisotopic (exact) mass is 371 g/mol. The number of nitrogens with one attached hydrogen (secondary N) is 1. The van der Waals surface area contributed by atoms with Crippen LogP contribution >= 0.6 is 11.3 Å². The van der Waals surface area contributed by atoms with E-state index in [4.69, 9.17) is 4.74 Å². The lowest BCUT2D eigenvalue weighted by Gasteiger charge is -2.11. The van der Waals surface area contributed by atoms with E-state index in [1.165, 1.54) is 17.7 Å². The van der Waals surface area contributed by atoms with Gasteiger partial charge in [-0.3, -0.25) is 15.0 Å². The highest BCUT2D eigenvalue weighted by Crippen LogP contribution is 2.25. The van der Waals surface area contributed by atoms with Crippen LogP contribution in [0.4, 0.5) is 0 Å². The minimum atomic E-state index is -0.396. The number of nitrogens with zero attached hydrogens (tertiary/aromatic N) is 2. The minimum Gasteiger partial charge on any atom is -0.493 e. The molecule has 2 heterocycles. The van der Waals surface area contributed by atoms with Crippen LogP contribution in [0.5, 0.6) is 5.75 Å². The lowest BCUT2D eigenvalue weighted by Crippen LogP contribution is -2.33. The molecule has 1 amide bonds. The number of fused-ring (bicyclic) bond motifs is 1. The Labute approximate surface area is 155 Å². The fourth-order valence-electron chi connectivity index (χ4n) is 2.48. The molecule has 3 rings (SSSR count). The second kappa shape index (κ2) is 7.29. The van der Waals surface area contributed by atoms with E-state index >= 15 is 0 Å². The molecule has 0 atom stereocenters. The molecule has 0 saturated carbocycles. The first-order valence-electron chi connectivity index (χ1n) is 8.38. The summed E-state index contributed by atoms with van der Waals surface area (Å²) in [7, 11) is 0. The van der Waals surface area contributed by atoms with Gasteiger partial charge in [-0.25, -0.2) is 9.66 Å². The third-order valence-electron chi connectivity index (χ3n) is 3.99. The van der Waals surface area contributed by atoms with E-state index in [0.717, 1.165) is 15.1 Å². The normalized spacial score (nSPS) is 11.1. The summed E-state index contributed by atoms with van der Waals surface area (Å²) in [6.45, 7) is 8.52. The molecule has 0 spiro atoms. The first-order chi connectivity index (χ1) is 12.4. The highest BCUT2D eigenvalue weighted by atomic mass is 32.1. The minimum absolute atomic E-state index is 0.280. The van der Waals surface area contributed by atoms with Gasteiger partial charge in [0.15, 0.2) is 0 Å². The van der Waals surface area contributed by atoms with E-state index in [1.807, 2.05) is 13.8 Å². The van der Waals surface area contributed by atoms with Crippen molar-refractivity contribution < 1.29 is 9.53 Å². The molecular weight excluding hydrogens is 350 g/mol. The van der Waals surface area contributed by atoms with Gasteiger partial charge in [-0.05, 0) is 43.5 Å². The molecular formula is C19H21N3O3S. The van der Waals surface area contributed by atoms with Crippen molar-refractivity contribution in [2.45, 2.75) is 27.7 Å². The molecule has 6 nitrogen and oxygen atoms in total. The molecule has 0 fully saturated rings. The Bertz CT molecular complexity index is 1020. The molecule has 1 aromatic carbocycles. The molecule has 0 aliphatic carbocycles. The zero-order valence-corrected chi connectivity index (χ0v) is 16.0. The zero-order chi connectivity index (χ0) is 18.8. The van der Waals surface area contributed by atoms with Gasteiger partial charge in [-0.2, -0.15) is 0 Å². The highest BCUT2D eigenvalue weighted by molar-refractivity contribution is 7.18. The van der Waals surface area contributed by atoms with Crippen LogP contribution in [0.15, 0.2) is 35.4 Å². The van der Waals surface area contributed by atoms with Crippen LogP contribution in [0.3, 0.4) is 0 Å². The number of carbonyl (C=O) groups excluding carboxylic acids is 1. The Hall–Kier alpha value is -2.67. The maximum atomic E-state index is 12.7. The maximum Gasteiger partial charge on any atom is 0.281 e. The van der Waals surface area contributed by atoms with E-state index in [0.29, 0.717) is 34.1 Å². The van der Waals surface area contributed by atoms with Gasteiger partial charge in [0, 0.05) is 10.4 Å². The summed E-state index contributed by atoms with van der Waals surface area (Å²) in [4.78, 5) is 31.2. The summed E-state index contributed by atoms with van der Waals surface area (Å²) in [6, 6.07) is 6.89. The first-order valence-corrected chi connectivity index (χ1v) is 9.20.